The van der Waals surface area contributed by atoms with Crippen LogP contribution < -0.4 is 4.90 Å². The topological polar surface area (TPSA) is 53.4 Å². The molecule has 0 aromatic carbocycles. The average Bonchev–Trinajstić information content (AvgIpc) is 3.08. The summed E-state index contributed by atoms with van der Waals surface area (Å²) in [6, 6.07) is 2.25. The molecular formula is C14H20N2O2. The third-order valence-corrected chi connectivity index (χ3v) is 3.82. The molecule has 1 saturated carbocycles. The summed E-state index contributed by atoms with van der Waals surface area (Å²) in [6.07, 6.45) is 2.49. The fourth-order valence-electron chi connectivity index (χ4n) is 2.46. The maximum atomic E-state index is 11.4. The molecule has 1 aliphatic carbocycles. The number of carboxylic acid groups (broad SMARTS) is 1. The van der Waals surface area contributed by atoms with Gasteiger partial charge in [0.1, 0.15) is 5.56 Å². The molecule has 18 heavy (non-hydrogen) atoms. The number of hydrogen-bond acceptors (Lipinski definition) is 3. The van der Waals surface area contributed by atoms with E-state index in [4.69, 9.17) is 0 Å². The van der Waals surface area contributed by atoms with Gasteiger partial charge in [-0.3, -0.25) is 4.98 Å². The number of carboxylic acids is 1. The summed E-state index contributed by atoms with van der Waals surface area (Å²) in [5, 5.41) is 9.36. The smallest absolute Gasteiger partial charge is 0.339 e. The van der Waals surface area contributed by atoms with E-state index in [1.165, 1.54) is 12.8 Å². The Morgan fingerprint density at radius 1 is 1.50 bits per heavy atom. The second-order valence-corrected chi connectivity index (χ2v) is 5.24. The van der Waals surface area contributed by atoms with Crippen molar-refractivity contribution in [1.29, 1.82) is 0 Å². The summed E-state index contributed by atoms with van der Waals surface area (Å²) in [5.74, 6) is -0.199. The molecule has 0 spiro atoms. The lowest BCUT2D eigenvalue weighted by Crippen LogP contribution is -2.32. The van der Waals surface area contributed by atoms with E-state index in [2.05, 4.69) is 16.8 Å². The third-order valence-electron chi connectivity index (χ3n) is 3.82. The van der Waals surface area contributed by atoms with Crippen LogP contribution in [0.1, 0.15) is 41.5 Å². The Balaban J connectivity index is 2.44. The minimum Gasteiger partial charge on any atom is -0.478 e. The van der Waals surface area contributed by atoms with Gasteiger partial charge in [0.2, 0.25) is 0 Å². The Bertz CT molecular complexity index is 481. The van der Waals surface area contributed by atoms with Crippen LogP contribution in [0.2, 0.25) is 0 Å². The highest BCUT2D eigenvalue weighted by molar-refractivity contribution is 5.95. The Morgan fingerprint density at radius 3 is 2.61 bits per heavy atom. The van der Waals surface area contributed by atoms with E-state index >= 15 is 0 Å². The lowest BCUT2D eigenvalue weighted by molar-refractivity contribution is 0.0696. The van der Waals surface area contributed by atoms with Crippen LogP contribution in [0.4, 0.5) is 5.69 Å². The van der Waals surface area contributed by atoms with Crippen LogP contribution in [0.25, 0.3) is 0 Å². The van der Waals surface area contributed by atoms with Crippen molar-refractivity contribution in [1.82, 2.24) is 4.98 Å². The van der Waals surface area contributed by atoms with Crippen molar-refractivity contribution < 1.29 is 9.90 Å². The van der Waals surface area contributed by atoms with Crippen molar-refractivity contribution >= 4 is 11.7 Å². The van der Waals surface area contributed by atoms with Gasteiger partial charge in [-0.2, -0.15) is 0 Å². The van der Waals surface area contributed by atoms with Crippen molar-refractivity contribution in [3.63, 3.8) is 0 Å². The number of nitrogens with zero attached hydrogens (tertiary/aromatic N) is 2. The molecule has 1 aromatic rings. The van der Waals surface area contributed by atoms with Gasteiger partial charge < -0.3 is 10.0 Å². The van der Waals surface area contributed by atoms with Crippen LogP contribution in [0.3, 0.4) is 0 Å². The predicted octanol–water partition coefficient (Wildman–Crippen LogP) is 2.63. The molecule has 0 saturated heterocycles. The molecule has 1 unspecified atom stereocenters. The number of carbonyl (C=O) groups is 1. The minimum atomic E-state index is -0.898. The van der Waals surface area contributed by atoms with Crippen molar-refractivity contribution in [2.75, 3.05) is 11.9 Å². The maximum Gasteiger partial charge on any atom is 0.339 e. The summed E-state index contributed by atoms with van der Waals surface area (Å²) >= 11 is 0. The Morgan fingerprint density at radius 2 is 2.11 bits per heavy atom. The molecule has 0 aliphatic heterocycles. The summed E-state index contributed by atoms with van der Waals surface area (Å²) in [4.78, 5) is 17.7. The monoisotopic (exact) mass is 248 g/mol. The fourth-order valence-corrected chi connectivity index (χ4v) is 2.46. The highest BCUT2D eigenvalue weighted by Crippen LogP contribution is 2.37. The Kier molecular flexibility index (Phi) is 3.28. The second kappa shape index (κ2) is 4.59. The molecule has 0 amide bonds. The molecule has 1 fully saturated rings. The lowest BCUT2D eigenvalue weighted by atomic mass is 10.1. The highest BCUT2D eigenvalue weighted by Gasteiger charge is 2.32. The molecule has 0 bridgehead atoms. The summed E-state index contributed by atoms with van der Waals surface area (Å²) in [5.41, 5.74) is 2.57. The highest BCUT2D eigenvalue weighted by atomic mass is 16.4. The first-order valence-electron chi connectivity index (χ1n) is 6.36. The number of pyridine rings is 1. The van der Waals surface area contributed by atoms with Crippen molar-refractivity contribution in [2.24, 2.45) is 5.92 Å². The summed E-state index contributed by atoms with van der Waals surface area (Å²) in [7, 11) is 1.98. The first-order valence-corrected chi connectivity index (χ1v) is 6.36. The zero-order chi connectivity index (χ0) is 13.4. The quantitative estimate of drug-likeness (QED) is 0.890. The van der Waals surface area contributed by atoms with Gasteiger partial charge in [-0.05, 0) is 45.6 Å². The number of hydrogen-bond donors (Lipinski definition) is 1. The molecule has 1 aromatic heterocycles. The summed E-state index contributed by atoms with van der Waals surface area (Å²) < 4.78 is 0. The largest absolute Gasteiger partial charge is 0.478 e. The second-order valence-electron chi connectivity index (χ2n) is 5.24. The summed E-state index contributed by atoms with van der Waals surface area (Å²) in [6.45, 7) is 5.82. The van der Waals surface area contributed by atoms with Gasteiger partial charge in [-0.1, -0.05) is 0 Å². The van der Waals surface area contributed by atoms with Gasteiger partial charge in [0, 0.05) is 18.8 Å². The van der Waals surface area contributed by atoms with Crippen molar-refractivity contribution in [2.45, 2.75) is 39.7 Å². The van der Waals surface area contributed by atoms with E-state index in [-0.39, 0.29) is 0 Å². The van der Waals surface area contributed by atoms with Gasteiger partial charge >= 0.3 is 5.97 Å². The van der Waals surface area contributed by atoms with E-state index in [9.17, 15) is 9.90 Å². The number of aromatic carboxylic acids is 1. The molecule has 1 aliphatic rings. The van der Waals surface area contributed by atoms with Crippen LogP contribution in [0.5, 0.6) is 0 Å². The molecule has 0 radical (unpaired) electrons. The first kappa shape index (κ1) is 12.9. The zero-order valence-corrected chi connectivity index (χ0v) is 11.4. The van der Waals surface area contributed by atoms with Crippen LogP contribution in [-0.2, 0) is 0 Å². The predicted molar refractivity (Wildman–Crippen MR) is 71.3 cm³/mol. The van der Waals surface area contributed by atoms with Gasteiger partial charge in [0.15, 0.2) is 0 Å². The van der Waals surface area contributed by atoms with Gasteiger partial charge in [-0.15, -0.1) is 0 Å². The van der Waals surface area contributed by atoms with Gasteiger partial charge in [0.25, 0.3) is 0 Å². The van der Waals surface area contributed by atoms with Crippen LogP contribution in [-0.4, -0.2) is 29.1 Å². The van der Waals surface area contributed by atoms with Gasteiger partial charge in [-0.25, -0.2) is 4.79 Å². The van der Waals surface area contributed by atoms with E-state index in [0.717, 1.165) is 11.4 Å². The molecule has 1 N–H and O–H groups in total. The number of aryl methyl sites for hydroxylation is 2. The Labute approximate surface area is 108 Å². The molecule has 1 heterocycles. The number of aromatic nitrogens is 1. The van der Waals surface area contributed by atoms with Crippen molar-refractivity contribution in [3.8, 4) is 0 Å². The maximum absolute atomic E-state index is 11.4. The molecule has 4 heteroatoms. The molecule has 2 rings (SSSR count). The first-order chi connectivity index (χ1) is 8.41. The standard InChI is InChI=1S/C14H20N2O2/c1-8-7-12(13(14(17)18)9(2)15-8)16(4)10(3)11-5-6-11/h7,10-11H,5-6H2,1-4H3,(H,17,18). The van der Waals surface area contributed by atoms with E-state index in [1.807, 2.05) is 20.0 Å². The average molecular weight is 248 g/mol. The number of rotatable bonds is 4. The normalized spacial score (nSPS) is 16.4. The molecular weight excluding hydrogens is 228 g/mol. The molecule has 4 nitrogen and oxygen atoms in total. The van der Waals surface area contributed by atoms with E-state index in [0.29, 0.717) is 23.2 Å². The zero-order valence-electron chi connectivity index (χ0n) is 11.4. The van der Waals surface area contributed by atoms with Crippen LogP contribution in [0, 0.1) is 19.8 Å². The lowest BCUT2D eigenvalue weighted by Gasteiger charge is -2.29. The van der Waals surface area contributed by atoms with Crippen LogP contribution in [0.15, 0.2) is 6.07 Å². The van der Waals surface area contributed by atoms with E-state index < -0.39 is 5.97 Å². The minimum absolute atomic E-state index is 0.329. The molecule has 98 valence electrons. The Hall–Kier alpha value is -1.58. The molecule has 1 atom stereocenters. The fraction of sp³-hybridized carbons (Fsp3) is 0.571. The number of anilines is 1. The van der Waals surface area contributed by atoms with Gasteiger partial charge in [0.05, 0.1) is 11.4 Å². The SMILES string of the molecule is Cc1cc(N(C)C(C)C2CC2)c(C(=O)O)c(C)n1. The van der Waals surface area contributed by atoms with E-state index in [1.54, 1.807) is 6.92 Å². The third kappa shape index (κ3) is 2.33. The van der Waals surface area contributed by atoms with Crippen molar-refractivity contribution in [3.05, 3.63) is 23.0 Å². The van der Waals surface area contributed by atoms with Crippen LogP contribution >= 0.6 is 0 Å².